The van der Waals surface area contributed by atoms with E-state index in [-0.39, 0.29) is 24.0 Å². The Balaban J connectivity index is 1.87. The Morgan fingerprint density at radius 3 is 1.77 bits per heavy atom. The molecule has 1 aliphatic heterocycles. The van der Waals surface area contributed by atoms with Crippen LogP contribution < -0.4 is 10.4 Å². The van der Waals surface area contributed by atoms with Gasteiger partial charge in [-0.15, -0.1) is 0 Å². The fraction of sp³-hybridized carbons (Fsp3) is 0.622. The Kier molecular flexibility index (Phi) is 15.1. The quantitative estimate of drug-likeness (QED) is 0.0814. The maximum atomic E-state index is 11.9. The van der Waals surface area contributed by atoms with E-state index in [0.717, 1.165) is 0 Å². The van der Waals surface area contributed by atoms with Crippen molar-refractivity contribution in [3.05, 3.63) is 70.8 Å². The van der Waals surface area contributed by atoms with Crippen LogP contribution in [0.25, 0.3) is 0 Å². The average Bonchev–Trinajstić information content (AvgIpc) is 3.81. The summed E-state index contributed by atoms with van der Waals surface area (Å²) in [5, 5.41) is 14.3. The number of aliphatic hydroxyl groups excluding tert-OH is 1. The maximum absolute atomic E-state index is 11.9. The summed E-state index contributed by atoms with van der Waals surface area (Å²) in [6.07, 6.45) is 5.42. The van der Waals surface area contributed by atoms with Gasteiger partial charge in [0.05, 0.1) is 0 Å². The predicted molar refractivity (Wildman–Crippen MR) is 189 cm³/mol. The minimum absolute atomic E-state index is 0.122. The SMILES string of the molecule is C=[C]([C@H](OCOC)[C@H](O)[C@H]1O[C@H]1CO[Si](c1ccccc1)(c1ccccc1)C(C)(C)C)[Sn]([CH2]CCC)([CH2]CCC)[CH2]CCC. The molecule has 0 unspecified atom stereocenters. The third-order valence-electron chi connectivity index (χ3n) is 9.57. The van der Waals surface area contributed by atoms with Gasteiger partial charge in [0.1, 0.15) is 0 Å². The molecule has 246 valence electrons. The molecule has 1 aliphatic rings. The van der Waals surface area contributed by atoms with E-state index in [2.05, 4.69) is 102 Å². The van der Waals surface area contributed by atoms with Gasteiger partial charge >= 0.3 is 275 Å². The molecule has 1 saturated heterocycles. The first-order chi connectivity index (χ1) is 21.1. The number of unbranched alkanes of at least 4 members (excludes halogenated alkanes) is 3. The van der Waals surface area contributed by atoms with Crippen LogP contribution in [-0.4, -0.2) is 76.7 Å². The molecule has 1 fully saturated rings. The molecular weight excluding hydrogens is 671 g/mol. The van der Waals surface area contributed by atoms with E-state index in [0.29, 0.717) is 6.61 Å². The number of benzene rings is 2. The summed E-state index contributed by atoms with van der Waals surface area (Å²) in [6.45, 7) is 19.0. The van der Waals surface area contributed by atoms with E-state index in [1.54, 1.807) is 7.11 Å². The molecule has 0 aromatic heterocycles. The molecule has 7 heteroatoms. The number of rotatable bonds is 21. The van der Waals surface area contributed by atoms with Crippen molar-refractivity contribution in [3.8, 4) is 0 Å². The molecule has 2 aromatic carbocycles. The summed E-state index contributed by atoms with van der Waals surface area (Å²) in [5.41, 5.74) is 0. The molecule has 0 radical (unpaired) electrons. The van der Waals surface area contributed by atoms with Gasteiger partial charge in [-0.3, -0.25) is 0 Å². The number of methoxy groups -OCH3 is 1. The van der Waals surface area contributed by atoms with Crippen molar-refractivity contribution in [2.75, 3.05) is 20.5 Å². The van der Waals surface area contributed by atoms with Crippen molar-refractivity contribution in [1.82, 2.24) is 0 Å². The Morgan fingerprint density at radius 2 is 1.36 bits per heavy atom. The number of aliphatic hydroxyl groups is 1. The molecule has 0 amide bonds. The van der Waals surface area contributed by atoms with Crippen molar-refractivity contribution in [1.29, 1.82) is 0 Å². The third-order valence-corrected chi connectivity index (χ3v) is 30.5. The average molecular weight is 732 g/mol. The van der Waals surface area contributed by atoms with Crippen molar-refractivity contribution < 1.29 is 23.7 Å². The number of hydrogen-bond donors (Lipinski definition) is 1. The van der Waals surface area contributed by atoms with Crippen LogP contribution >= 0.6 is 0 Å². The van der Waals surface area contributed by atoms with Crippen LogP contribution in [0.1, 0.15) is 80.1 Å². The standard InChI is InChI=1S/C25H33O5Si.3C4H9.Sn/c1-6-21(28-18-27-5)23(26)24-22(30-24)17-29-31(25(2,3)4,19-13-9-7-10-14-19)20-15-11-8-12-16-20;3*1-3-4-2;/h7-16,21-24,26H,1,17-18H2,2-5H3;3*1,3-4H2,2H3;/t21-,22-,23-,24-;;;;/m0..../s1. The van der Waals surface area contributed by atoms with Gasteiger partial charge in [0.2, 0.25) is 0 Å². The van der Waals surface area contributed by atoms with Gasteiger partial charge in [-0.25, -0.2) is 0 Å². The number of ether oxygens (including phenoxy) is 3. The summed E-state index contributed by atoms with van der Waals surface area (Å²) in [4.78, 5) is 0. The van der Waals surface area contributed by atoms with Crippen LogP contribution in [0.4, 0.5) is 0 Å². The molecule has 5 nitrogen and oxygen atoms in total. The van der Waals surface area contributed by atoms with E-state index in [1.165, 1.54) is 65.8 Å². The second kappa shape index (κ2) is 17.8. The fourth-order valence-corrected chi connectivity index (χ4v) is 27.7. The summed E-state index contributed by atoms with van der Waals surface area (Å²) in [5.74, 6) is 0. The molecular formula is C37H60O5SiSn. The van der Waals surface area contributed by atoms with Crippen LogP contribution in [0.2, 0.25) is 18.3 Å². The van der Waals surface area contributed by atoms with Gasteiger partial charge in [-0.2, -0.15) is 0 Å². The van der Waals surface area contributed by atoms with Crippen molar-refractivity contribution >= 4 is 37.1 Å². The van der Waals surface area contributed by atoms with Crippen LogP contribution in [0.5, 0.6) is 0 Å². The normalized spacial score (nSPS) is 18.6. The number of epoxide rings is 1. The summed E-state index contributed by atoms with van der Waals surface area (Å²) in [7, 11) is -1.06. The zero-order chi connectivity index (χ0) is 32.2. The molecule has 44 heavy (non-hydrogen) atoms. The number of hydrogen-bond acceptors (Lipinski definition) is 5. The molecule has 0 aliphatic carbocycles. The zero-order valence-corrected chi connectivity index (χ0v) is 32.5. The first-order valence-corrected chi connectivity index (χ1v) is 26.4. The molecule has 2 aromatic rings. The van der Waals surface area contributed by atoms with Gasteiger partial charge < -0.3 is 0 Å². The Bertz CT molecular complexity index is 1040. The molecule has 1 heterocycles. The van der Waals surface area contributed by atoms with E-state index in [4.69, 9.17) is 25.2 Å². The second-order valence-corrected chi connectivity index (χ2v) is 31.4. The third kappa shape index (κ3) is 9.08. The Hall–Kier alpha value is -1.00. The van der Waals surface area contributed by atoms with Crippen molar-refractivity contribution in [2.24, 2.45) is 0 Å². The van der Waals surface area contributed by atoms with Crippen molar-refractivity contribution in [2.45, 2.75) is 123 Å². The van der Waals surface area contributed by atoms with E-state index >= 15 is 0 Å². The van der Waals surface area contributed by atoms with E-state index < -0.39 is 38.9 Å². The van der Waals surface area contributed by atoms with Gasteiger partial charge in [0.15, 0.2) is 0 Å². The first-order valence-electron chi connectivity index (χ1n) is 17.0. The molecule has 4 atom stereocenters. The van der Waals surface area contributed by atoms with E-state index in [9.17, 15) is 5.11 Å². The summed E-state index contributed by atoms with van der Waals surface area (Å²) in [6, 6.07) is 21.4. The molecule has 0 spiro atoms. The minimum atomic E-state index is -2.92. The second-order valence-electron chi connectivity index (χ2n) is 13.7. The Labute approximate surface area is 273 Å². The molecule has 1 N–H and O–H groups in total. The molecule has 0 saturated carbocycles. The van der Waals surface area contributed by atoms with Gasteiger partial charge in [-0.05, 0) is 0 Å². The van der Waals surface area contributed by atoms with Gasteiger partial charge in [-0.1, -0.05) is 0 Å². The van der Waals surface area contributed by atoms with E-state index in [1.807, 2.05) is 0 Å². The van der Waals surface area contributed by atoms with Crippen molar-refractivity contribution in [3.63, 3.8) is 0 Å². The fourth-order valence-electron chi connectivity index (χ4n) is 6.98. The van der Waals surface area contributed by atoms with Crippen LogP contribution in [0, 0.1) is 0 Å². The Morgan fingerprint density at radius 1 is 0.886 bits per heavy atom. The summed E-state index contributed by atoms with van der Waals surface area (Å²) < 4.78 is 30.1. The van der Waals surface area contributed by atoms with Crippen LogP contribution in [-0.2, 0) is 18.6 Å². The topological polar surface area (TPSA) is 60.5 Å². The van der Waals surface area contributed by atoms with Crippen LogP contribution in [0.3, 0.4) is 0 Å². The van der Waals surface area contributed by atoms with Gasteiger partial charge in [0.25, 0.3) is 0 Å². The predicted octanol–water partition coefficient (Wildman–Crippen LogP) is 7.62. The first kappa shape index (κ1) is 37.5. The molecule has 3 rings (SSSR count). The molecule has 0 bridgehead atoms. The summed E-state index contributed by atoms with van der Waals surface area (Å²) >= 11 is -2.92. The van der Waals surface area contributed by atoms with Crippen LogP contribution in [0.15, 0.2) is 70.8 Å². The van der Waals surface area contributed by atoms with Gasteiger partial charge in [0, 0.05) is 0 Å². The monoisotopic (exact) mass is 732 g/mol. The zero-order valence-electron chi connectivity index (χ0n) is 28.6.